The average Bonchev–Trinajstić information content (AvgIpc) is 2.86. The molecule has 0 spiro atoms. The number of nitriles is 1. The van der Waals surface area contributed by atoms with E-state index in [2.05, 4.69) is 16.8 Å². The number of ether oxygens (including phenoxy) is 1. The second kappa shape index (κ2) is 8.32. The van der Waals surface area contributed by atoms with Crippen LogP contribution >= 0.6 is 0 Å². The van der Waals surface area contributed by atoms with Gasteiger partial charge in [-0.05, 0) is 38.0 Å². The number of aromatic nitrogens is 1. The average molecular weight is 345 g/mol. The van der Waals surface area contributed by atoms with Crippen molar-refractivity contribution in [3.8, 4) is 6.07 Å². The normalized spacial score (nSPS) is 17.2. The molecule has 1 aliphatic heterocycles. The molecule has 2 N–H and O–H groups in total. The van der Waals surface area contributed by atoms with E-state index < -0.39 is 11.5 Å². The van der Waals surface area contributed by atoms with Crippen molar-refractivity contribution in [1.82, 2.24) is 9.88 Å². The first-order valence-corrected chi connectivity index (χ1v) is 8.77. The number of aryl methyl sites for hydroxylation is 1. The zero-order valence-corrected chi connectivity index (χ0v) is 15.3. The van der Waals surface area contributed by atoms with E-state index in [1.807, 2.05) is 26.0 Å². The maximum Gasteiger partial charge on any atom is 0.262 e. The van der Waals surface area contributed by atoms with Crippen LogP contribution < -0.4 is 5.32 Å². The molecule has 1 aliphatic rings. The van der Waals surface area contributed by atoms with Gasteiger partial charge in [0.1, 0.15) is 11.6 Å². The van der Waals surface area contributed by atoms with Gasteiger partial charge < -0.3 is 19.7 Å². The van der Waals surface area contributed by atoms with Crippen LogP contribution in [0.5, 0.6) is 0 Å². The highest BCUT2D eigenvalue weighted by molar-refractivity contribution is 6.01. The summed E-state index contributed by atoms with van der Waals surface area (Å²) in [5.41, 5.74) is 2.13. The number of hydrogen-bond donors (Lipinski definition) is 2. The van der Waals surface area contributed by atoms with E-state index in [4.69, 9.17) is 4.74 Å². The van der Waals surface area contributed by atoms with Gasteiger partial charge in [-0.25, -0.2) is 0 Å². The molecule has 6 heteroatoms. The fourth-order valence-electron chi connectivity index (χ4n) is 3.11. The molecule has 0 atom stereocenters. The smallest absolute Gasteiger partial charge is 0.262 e. The summed E-state index contributed by atoms with van der Waals surface area (Å²) in [6, 6.07) is 3.96. The quantitative estimate of drug-likeness (QED) is 0.610. The van der Waals surface area contributed by atoms with Crippen molar-refractivity contribution < 1.29 is 14.6 Å². The Hall–Kier alpha value is -2.10. The summed E-state index contributed by atoms with van der Waals surface area (Å²) in [5.74, 6) is -0.456. The largest absolute Gasteiger partial charge is 0.388 e. The van der Waals surface area contributed by atoms with Crippen LogP contribution in [0.15, 0.2) is 11.6 Å². The Bertz CT molecular complexity index is 692. The Balaban J connectivity index is 2.10. The topological polar surface area (TPSA) is 87.3 Å². The van der Waals surface area contributed by atoms with Crippen LogP contribution in [0, 0.1) is 25.2 Å². The van der Waals surface area contributed by atoms with E-state index in [0.717, 1.165) is 29.9 Å². The molecule has 0 unspecified atom stereocenters. The predicted octanol–water partition coefficient (Wildman–Crippen LogP) is 2.08. The molecule has 1 aromatic heterocycles. The highest BCUT2D eigenvalue weighted by Crippen LogP contribution is 2.21. The molecule has 2 rings (SSSR count). The molecular formula is C19H27N3O3. The van der Waals surface area contributed by atoms with Crippen molar-refractivity contribution in [1.29, 1.82) is 5.26 Å². The fraction of sp³-hybridized carbons (Fsp3) is 0.579. The van der Waals surface area contributed by atoms with Crippen molar-refractivity contribution in [2.45, 2.75) is 52.2 Å². The van der Waals surface area contributed by atoms with Gasteiger partial charge in [0.05, 0.1) is 5.60 Å². The van der Waals surface area contributed by atoms with E-state index in [0.29, 0.717) is 26.1 Å². The standard InChI is InChI=1S/C19H27N3O3/c1-4-7-22-14(2)10-16(15(22)3)11-17(12-20)18(23)21-13-19(24)5-8-25-9-6-19/h10-11,24H,4-9,13H2,1-3H3,(H,21,23)/b17-11-. The minimum absolute atomic E-state index is 0.0485. The van der Waals surface area contributed by atoms with Crippen LogP contribution in [0.4, 0.5) is 0 Å². The third kappa shape index (κ3) is 4.71. The number of carbonyl (C=O) groups excluding carboxylic acids is 1. The van der Waals surface area contributed by atoms with Crippen LogP contribution in [0.2, 0.25) is 0 Å². The van der Waals surface area contributed by atoms with Crippen molar-refractivity contribution in [3.63, 3.8) is 0 Å². The van der Waals surface area contributed by atoms with Gasteiger partial charge in [0.15, 0.2) is 0 Å². The molecule has 1 aromatic rings. The molecule has 1 fully saturated rings. The summed E-state index contributed by atoms with van der Waals surface area (Å²) in [6.45, 7) is 8.13. The van der Waals surface area contributed by atoms with Gasteiger partial charge in [-0.1, -0.05) is 6.92 Å². The molecule has 0 saturated carbocycles. The molecule has 2 heterocycles. The summed E-state index contributed by atoms with van der Waals surface area (Å²) in [7, 11) is 0. The number of nitrogens with one attached hydrogen (secondary N) is 1. The van der Waals surface area contributed by atoms with Gasteiger partial charge in [0.25, 0.3) is 5.91 Å². The molecule has 0 bridgehead atoms. The third-order valence-corrected chi connectivity index (χ3v) is 4.73. The van der Waals surface area contributed by atoms with E-state index in [9.17, 15) is 15.2 Å². The Morgan fingerprint density at radius 1 is 1.48 bits per heavy atom. The number of carbonyl (C=O) groups is 1. The minimum Gasteiger partial charge on any atom is -0.388 e. The first kappa shape index (κ1) is 19.2. The summed E-state index contributed by atoms with van der Waals surface area (Å²) < 4.78 is 7.41. The summed E-state index contributed by atoms with van der Waals surface area (Å²) >= 11 is 0. The van der Waals surface area contributed by atoms with Crippen molar-refractivity contribution >= 4 is 12.0 Å². The lowest BCUT2D eigenvalue weighted by Crippen LogP contribution is -2.46. The van der Waals surface area contributed by atoms with Gasteiger partial charge in [-0.15, -0.1) is 0 Å². The van der Waals surface area contributed by atoms with Gasteiger partial charge in [0, 0.05) is 50.5 Å². The van der Waals surface area contributed by atoms with Crippen LogP contribution in [-0.2, 0) is 16.1 Å². The van der Waals surface area contributed by atoms with E-state index in [-0.39, 0.29) is 12.1 Å². The molecule has 1 amide bonds. The zero-order chi connectivity index (χ0) is 18.4. The molecule has 136 valence electrons. The van der Waals surface area contributed by atoms with Crippen molar-refractivity contribution in [3.05, 3.63) is 28.6 Å². The molecule has 0 aromatic carbocycles. The Labute approximate surface area is 149 Å². The van der Waals surface area contributed by atoms with Crippen LogP contribution in [0.25, 0.3) is 6.08 Å². The fourth-order valence-corrected chi connectivity index (χ4v) is 3.11. The lowest BCUT2D eigenvalue weighted by molar-refractivity contribution is -0.119. The van der Waals surface area contributed by atoms with Crippen molar-refractivity contribution in [2.24, 2.45) is 0 Å². The third-order valence-electron chi connectivity index (χ3n) is 4.73. The second-order valence-corrected chi connectivity index (χ2v) is 6.67. The number of nitrogens with zero attached hydrogens (tertiary/aromatic N) is 2. The van der Waals surface area contributed by atoms with E-state index in [1.54, 1.807) is 6.08 Å². The van der Waals surface area contributed by atoms with Crippen LogP contribution in [0.1, 0.15) is 43.1 Å². The SMILES string of the molecule is CCCn1c(C)cc(/C=C(/C#N)C(=O)NCC2(O)CCOCC2)c1C. The zero-order valence-electron chi connectivity index (χ0n) is 15.3. The van der Waals surface area contributed by atoms with Gasteiger partial charge in [-0.2, -0.15) is 5.26 Å². The number of amides is 1. The summed E-state index contributed by atoms with van der Waals surface area (Å²) in [4.78, 5) is 12.3. The van der Waals surface area contributed by atoms with Gasteiger partial charge in [0.2, 0.25) is 0 Å². The first-order chi connectivity index (χ1) is 11.9. The molecule has 0 radical (unpaired) electrons. The monoisotopic (exact) mass is 345 g/mol. The number of rotatable bonds is 6. The van der Waals surface area contributed by atoms with E-state index >= 15 is 0 Å². The molecular weight excluding hydrogens is 318 g/mol. The minimum atomic E-state index is -0.953. The Morgan fingerprint density at radius 3 is 2.76 bits per heavy atom. The summed E-state index contributed by atoms with van der Waals surface area (Å²) in [6.07, 6.45) is 3.61. The van der Waals surface area contributed by atoms with Crippen LogP contribution in [-0.4, -0.2) is 40.9 Å². The predicted molar refractivity (Wildman–Crippen MR) is 95.8 cm³/mol. The molecule has 1 saturated heterocycles. The number of hydrogen-bond acceptors (Lipinski definition) is 4. The molecule has 25 heavy (non-hydrogen) atoms. The maximum atomic E-state index is 12.3. The lowest BCUT2D eigenvalue weighted by Gasteiger charge is -2.31. The van der Waals surface area contributed by atoms with Crippen LogP contribution in [0.3, 0.4) is 0 Å². The van der Waals surface area contributed by atoms with Gasteiger partial charge in [-0.3, -0.25) is 4.79 Å². The lowest BCUT2D eigenvalue weighted by atomic mass is 9.94. The highest BCUT2D eigenvalue weighted by Gasteiger charge is 2.30. The summed E-state index contributed by atoms with van der Waals surface area (Å²) in [5, 5.41) is 22.5. The maximum absolute atomic E-state index is 12.3. The highest BCUT2D eigenvalue weighted by atomic mass is 16.5. The first-order valence-electron chi connectivity index (χ1n) is 8.77. The number of aliphatic hydroxyl groups is 1. The van der Waals surface area contributed by atoms with Gasteiger partial charge >= 0.3 is 0 Å². The Kier molecular flexibility index (Phi) is 6.40. The molecule has 6 nitrogen and oxygen atoms in total. The van der Waals surface area contributed by atoms with Crippen molar-refractivity contribution in [2.75, 3.05) is 19.8 Å². The molecule has 0 aliphatic carbocycles. The Morgan fingerprint density at radius 2 is 2.16 bits per heavy atom. The second-order valence-electron chi connectivity index (χ2n) is 6.67. The van der Waals surface area contributed by atoms with E-state index in [1.165, 1.54) is 0 Å².